The Balaban J connectivity index is 2.01. The quantitative estimate of drug-likeness (QED) is 0.839. The summed E-state index contributed by atoms with van der Waals surface area (Å²) in [5, 5.41) is 4.60. The van der Waals surface area contributed by atoms with E-state index in [1.807, 2.05) is 12.1 Å². The van der Waals surface area contributed by atoms with Gasteiger partial charge in [-0.15, -0.1) is 0 Å². The third-order valence-electron chi connectivity index (χ3n) is 4.21. The van der Waals surface area contributed by atoms with Crippen LogP contribution in [-0.2, 0) is 11.3 Å². The maximum atomic E-state index is 6.21. The predicted molar refractivity (Wildman–Crippen MR) is 91.1 cm³/mol. The number of piperidine rings is 1. The molecule has 1 saturated heterocycles. The van der Waals surface area contributed by atoms with Gasteiger partial charge in [-0.25, -0.2) is 4.98 Å². The van der Waals surface area contributed by atoms with E-state index in [4.69, 9.17) is 32.9 Å². The van der Waals surface area contributed by atoms with Gasteiger partial charge >= 0.3 is 0 Å². The number of nitrogens with zero attached hydrogens (tertiary/aromatic N) is 2. The van der Waals surface area contributed by atoms with Gasteiger partial charge in [0.05, 0.1) is 21.1 Å². The van der Waals surface area contributed by atoms with E-state index >= 15 is 0 Å². The van der Waals surface area contributed by atoms with E-state index in [0.717, 1.165) is 49.5 Å². The molecule has 1 unspecified atom stereocenters. The zero-order valence-electron chi connectivity index (χ0n) is 12.7. The second kappa shape index (κ2) is 7.18. The van der Waals surface area contributed by atoms with Gasteiger partial charge in [0.2, 0.25) is 0 Å². The van der Waals surface area contributed by atoms with Crippen molar-refractivity contribution in [2.24, 2.45) is 0 Å². The Bertz CT molecular complexity index is 650. The molecule has 1 aliphatic heterocycles. The van der Waals surface area contributed by atoms with E-state index in [1.165, 1.54) is 12.8 Å². The predicted octanol–water partition coefficient (Wildman–Crippen LogP) is 3.85. The highest BCUT2D eigenvalue weighted by atomic mass is 35.5. The van der Waals surface area contributed by atoms with Gasteiger partial charge in [-0.3, -0.25) is 0 Å². The second-order valence-corrected chi connectivity index (χ2v) is 6.58. The topological polar surface area (TPSA) is 39.1 Å². The number of hydrogen-bond donors (Lipinski definition) is 1. The van der Waals surface area contributed by atoms with Crippen molar-refractivity contribution in [1.29, 1.82) is 0 Å². The first-order chi connectivity index (χ1) is 10.7. The Morgan fingerprint density at radius 3 is 2.91 bits per heavy atom. The lowest BCUT2D eigenvalue weighted by molar-refractivity contribution is 0.190. The smallest absolute Gasteiger partial charge is 0.114 e. The number of nitrogens with one attached hydrogen (secondary N) is 1. The number of rotatable bonds is 5. The molecule has 2 aromatic rings. The number of fused-ring (bicyclic) bond motifs is 1. The summed E-state index contributed by atoms with van der Waals surface area (Å²) < 4.78 is 7.47. The van der Waals surface area contributed by atoms with Crippen LogP contribution < -0.4 is 5.32 Å². The zero-order valence-corrected chi connectivity index (χ0v) is 14.3. The Morgan fingerprint density at radius 1 is 1.36 bits per heavy atom. The van der Waals surface area contributed by atoms with Gasteiger partial charge in [0.1, 0.15) is 5.82 Å². The molecule has 1 aromatic carbocycles. The van der Waals surface area contributed by atoms with Crippen molar-refractivity contribution in [1.82, 2.24) is 14.9 Å². The van der Waals surface area contributed by atoms with Crippen molar-refractivity contribution < 1.29 is 4.74 Å². The van der Waals surface area contributed by atoms with E-state index in [-0.39, 0.29) is 0 Å². The van der Waals surface area contributed by atoms with Crippen LogP contribution in [0, 0.1) is 0 Å². The zero-order chi connectivity index (χ0) is 15.5. The van der Waals surface area contributed by atoms with Crippen molar-refractivity contribution in [3.8, 4) is 0 Å². The molecule has 1 aromatic heterocycles. The van der Waals surface area contributed by atoms with E-state index in [0.29, 0.717) is 16.0 Å². The van der Waals surface area contributed by atoms with Crippen molar-refractivity contribution >= 4 is 34.2 Å². The summed E-state index contributed by atoms with van der Waals surface area (Å²) >= 11 is 12.4. The molecule has 2 heterocycles. The SMILES string of the molecule is COCCCn1c(C2CCCNC2)nc2cc(Cl)c(Cl)cc21. The minimum absolute atomic E-state index is 0.446. The van der Waals surface area contributed by atoms with E-state index in [9.17, 15) is 0 Å². The highest BCUT2D eigenvalue weighted by Crippen LogP contribution is 2.32. The second-order valence-electron chi connectivity index (χ2n) is 5.77. The molecular weight excluding hydrogens is 321 g/mol. The maximum Gasteiger partial charge on any atom is 0.114 e. The van der Waals surface area contributed by atoms with Crippen molar-refractivity contribution in [3.05, 3.63) is 28.0 Å². The summed E-state index contributed by atoms with van der Waals surface area (Å²) in [6.07, 6.45) is 3.31. The molecule has 22 heavy (non-hydrogen) atoms. The van der Waals surface area contributed by atoms with Gasteiger partial charge in [0.25, 0.3) is 0 Å². The molecular formula is C16H21Cl2N3O. The number of benzene rings is 1. The standard InChI is InChI=1S/C16H21Cl2N3O/c1-22-7-3-6-21-15-9-13(18)12(17)8-14(15)20-16(21)11-4-2-5-19-10-11/h8-9,11,19H,2-7,10H2,1H3. The van der Waals surface area contributed by atoms with Gasteiger partial charge in [-0.05, 0) is 37.9 Å². The van der Waals surface area contributed by atoms with Crippen LogP contribution in [-0.4, -0.2) is 36.4 Å². The van der Waals surface area contributed by atoms with Crippen LogP contribution in [0.2, 0.25) is 10.0 Å². The highest BCUT2D eigenvalue weighted by molar-refractivity contribution is 6.42. The largest absolute Gasteiger partial charge is 0.385 e. The summed E-state index contributed by atoms with van der Waals surface area (Å²) in [5.41, 5.74) is 1.98. The van der Waals surface area contributed by atoms with Gasteiger partial charge < -0.3 is 14.6 Å². The number of ether oxygens (including phenoxy) is 1. The molecule has 4 nitrogen and oxygen atoms in total. The van der Waals surface area contributed by atoms with E-state index in [2.05, 4.69) is 9.88 Å². The Labute approximate surface area is 140 Å². The number of aromatic nitrogens is 2. The average Bonchev–Trinajstić information content (AvgIpc) is 2.87. The van der Waals surface area contributed by atoms with Crippen molar-refractivity contribution in [2.75, 3.05) is 26.8 Å². The molecule has 0 spiro atoms. The van der Waals surface area contributed by atoms with Gasteiger partial charge in [-0.2, -0.15) is 0 Å². The first-order valence-electron chi connectivity index (χ1n) is 7.75. The van der Waals surface area contributed by atoms with Crippen LogP contribution in [0.25, 0.3) is 11.0 Å². The number of imidazole rings is 1. The molecule has 120 valence electrons. The summed E-state index contributed by atoms with van der Waals surface area (Å²) in [6, 6.07) is 3.80. The van der Waals surface area contributed by atoms with Crippen LogP contribution in [0.4, 0.5) is 0 Å². The number of hydrogen-bond acceptors (Lipinski definition) is 3. The molecule has 3 rings (SSSR count). The lowest BCUT2D eigenvalue weighted by Crippen LogP contribution is -2.30. The molecule has 0 radical (unpaired) electrons. The molecule has 1 fully saturated rings. The number of aryl methyl sites for hydroxylation is 1. The maximum absolute atomic E-state index is 6.21. The van der Waals surface area contributed by atoms with Crippen LogP contribution >= 0.6 is 23.2 Å². The molecule has 6 heteroatoms. The van der Waals surface area contributed by atoms with Gasteiger partial charge in [0, 0.05) is 32.7 Å². The first kappa shape index (κ1) is 16.1. The summed E-state index contributed by atoms with van der Waals surface area (Å²) in [6.45, 7) is 3.70. The molecule has 1 atom stereocenters. The van der Waals surface area contributed by atoms with Crippen molar-refractivity contribution in [3.63, 3.8) is 0 Å². The minimum Gasteiger partial charge on any atom is -0.385 e. The number of methoxy groups -OCH3 is 1. The Kier molecular flexibility index (Phi) is 5.24. The summed E-state index contributed by atoms with van der Waals surface area (Å²) in [4.78, 5) is 4.86. The molecule has 1 aliphatic rings. The fraction of sp³-hybridized carbons (Fsp3) is 0.562. The molecule has 0 bridgehead atoms. The average molecular weight is 342 g/mol. The molecule has 1 N–H and O–H groups in total. The lowest BCUT2D eigenvalue weighted by Gasteiger charge is -2.23. The van der Waals surface area contributed by atoms with Crippen LogP contribution in [0.3, 0.4) is 0 Å². The molecule has 0 amide bonds. The molecule has 0 aliphatic carbocycles. The van der Waals surface area contributed by atoms with Crippen molar-refractivity contribution in [2.45, 2.75) is 31.7 Å². The fourth-order valence-electron chi connectivity index (χ4n) is 3.12. The van der Waals surface area contributed by atoms with E-state index < -0.39 is 0 Å². The van der Waals surface area contributed by atoms with Gasteiger partial charge in [0.15, 0.2) is 0 Å². The van der Waals surface area contributed by atoms with Crippen LogP contribution in [0.1, 0.15) is 31.0 Å². The fourth-order valence-corrected chi connectivity index (χ4v) is 3.44. The van der Waals surface area contributed by atoms with Gasteiger partial charge in [-0.1, -0.05) is 23.2 Å². The minimum atomic E-state index is 0.446. The van der Waals surface area contributed by atoms with Crippen LogP contribution in [0.15, 0.2) is 12.1 Å². The Hall–Kier alpha value is -0.810. The normalized spacial score (nSPS) is 19.0. The summed E-state index contributed by atoms with van der Waals surface area (Å²) in [5.74, 6) is 1.58. The summed E-state index contributed by atoms with van der Waals surface area (Å²) in [7, 11) is 1.73. The number of halogens is 2. The lowest BCUT2D eigenvalue weighted by atomic mass is 9.99. The first-order valence-corrected chi connectivity index (χ1v) is 8.51. The third kappa shape index (κ3) is 3.25. The highest BCUT2D eigenvalue weighted by Gasteiger charge is 2.22. The molecule has 0 saturated carbocycles. The van der Waals surface area contributed by atoms with E-state index in [1.54, 1.807) is 7.11 Å². The monoisotopic (exact) mass is 341 g/mol. The third-order valence-corrected chi connectivity index (χ3v) is 4.93. The van der Waals surface area contributed by atoms with Crippen LogP contribution in [0.5, 0.6) is 0 Å². The Morgan fingerprint density at radius 2 is 2.18 bits per heavy atom.